The number of unbranched alkanes of at least 4 members (excludes halogenated alkanes) is 1. The number of fused-ring (bicyclic) bond motifs is 1. The first-order chi connectivity index (χ1) is 19.0. The minimum Gasteiger partial charge on any atom is -0.494 e. The molecule has 4 aromatic rings. The van der Waals surface area contributed by atoms with Gasteiger partial charge < -0.3 is 24.1 Å². The van der Waals surface area contributed by atoms with Crippen molar-refractivity contribution in [2.24, 2.45) is 0 Å². The van der Waals surface area contributed by atoms with Crippen molar-refractivity contribution < 1.29 is 19.0 Å². The van der Waals surface area contributed by atoms with Crippen LogP contribution < -0.4 is 19.5 Å². The van der Waals surface area contributed by atoms with Gasteiger partial charge in [0.2, 0.25) is 5.91 Å². The van der Waals surface area contributed by atoms with Gasteiger partial charge in [-0.25, -0.2) is 4.98 Å². The molecule has 0 unspecified atom stereocenters. The Morgan fingerprint density at radius 2 is 1.79 bits per heavy atom. The average Bonchev–Trinajstić information content (AvgIpc) is 3.30. The molecule has 0 radical (unpaired) electrons. The van der Waals surface area contributed by atoms with Crippen molar-refractivity contribution in [3.05, 3.63) is 82.6 Å². The van der Waals surface area contributed by atoms with Crippen LogP contribution >= 0.6 is 11.6 Å². The summed E-state index contributed by atoms with van der Waals surface area (Å²) in [6.45, 7) is 4.08. The van der Waals surface area contributed by atoms with Gasteiger partial charge in [0.25, 0.3) is 0 Å². The van der Waals surface area contributed by atoms with E-state index < -0.39 is 0 Å². The maximum absolute atomic E-state index is 12.5. The van der Waals surface area contributed by atoms with Gasteiger partial charge in [0.1, 0.15) is 11.6 Å². The topological polar surface area (TPSA) is 74.6 Å². The van der Waals surface area contributed by atoms with Gasteiger partial charge in [0.05, 0.1) is 38.3 Å². The minimum absolute atomic E-state index is 0.0217. The van der Waals surface area contributed by atoms with Gasteiger partial charge in [-0.1, -0.05) is 29.8 Å². The molecule has 1 amide bonds. The minimum atomic E-state index is -0.0217. The molecule has 39 heavy (non-hydrogen) atoms. The van der Waals surface area contributed by atoms with Crippen LogP contribution in [0.2, 0.25) is 5.02 Å². The Morgan fingerprint density at radius 3 is 2.59 bits per heavy atom. The van der Waals surface area contributed by atoms with Crippen LogP contribution in [0, 0.1) is 6.92 Å². The normalized spacial score (nSPS) is 11.0. The summed E-state index contributed by atoms with van der Waals surface area (Å²) >= 11 is 6.10. The molecule has 4 rings (SSSR count). The van der Waals surface area contributed by atoms with Crippen molar-refractivity contribution in [1.82, 2.24) is 14.9 Å². The highest BCUT2D eigenvalue weighted by Crippen LogP contribution is 2.27. The van der Waals surface area contributed by atoms with Crippen LogP contribution in [0.3, 0.4) is 0 Å². The number of para-hydroxylation sites is 2. The highest BCUT2D eigenvalue weighted by Gasteiger charge is 2.12. The van der Waals surface area contributed by atoms with E-state index in [0.717, 1.165) is 71.0 Å². The van der Waals surface area contributed by atoms with Crippen molar-refractivity contribution in [2.45, 2.75) is 45.6 Å². The fraction of sp³-hybridized carbons (Fsp3) is 0.355. The lowest BCUT2D eigenvalue weighted by molar-refractivity contribution is -0.120. The predicted octanol–water partition coefficient (Wildman–Crippen LogP) is 6.17. The van der Waals surface area contributed by atoms with Crippen LogP contribution in [0.5, 0.6) is 17.2 Å². The van der Waals surface area contributed by atoms with Crippen LogP contribution in [-0.4, -0.2) is 42.8 Å². The second kappa shape index (κ2) is 13.9. The van der Waals surface area contributed by atoms with Gasteiger partial charge in [0.15, 0.2) is 11.5 Å². The smallest absolute Gasteiger partial charge is 0.224 e. The van der Waals surface area contributed by atoms with E-state index in [2.05, 4.69) is 16.0 Å². The Balaban J connectivity index is 1.26. The van der Waals surface area contributed by atoms with E-state index in [9.17, 15) is 4.79 Å². The summed E-state index contributed by atoms with van der Waals surface area (Å²) < 4.78 is 18.8. The molecule has 0 saturated heterocycles. The van der Waals surface area contributed by atoms with Crippen molar-refractivity contribution in [3.63, 3.8) is 0 Å². The van der Waals surface area contributed by atoms with Crippen LogP contribution in [0.1, 0.15) is 36.2 Å². The first-order valence-corrected chi connectivity index (χ1v) is 13.7. The molecule has 8 heteroatoms. The molecule has 0 aliphatic carbocycles. The second-order valence-corrected chi connectivity index (χ2v) is 9.86. The fourth-order valence-electron chi connectivity index (χ4n) is 4.55. The number of aryl methyl sites for hydroxylation is 3. The number of aromatic nitrogens is 2. The van der Waals surface area contributed by atoms with E-state index in [-0.39, 0.29) is 12.3 Å². The van der Waals surface area contributed by atoms with Crippen molar-refractivity contribution in [3.8, 4) is 17.2 Å². The monoisotopic (exact) mass is 549 g/mol. The molecule has 0 atom stereocenters. The molecule has 7 nitrogen and oxygen atoms in total. The Morgan fingerprint density at radius 1 is 0.974 bits per heavy atom. The lowest BCUT2D eigenvalue weighted by atomic mass is 10.1. The van der Waals surface area contributed by atoms with Crippen molar-refractivity contribution in [2.75, 3.05) is 27.4 Å². The summed E-state index contributed by atoms with van der Waals surface area (Å²) in [5, 5.41) is 3.78. The highest BCUT2D eigenvalue weighted by molar-refractivity contribution is 6.31. The number of nitrogens with zero attached hydrogens (tertiary/aromatic N) is 2. The lowest BCUT2D eigenvalue weighted by Crippen LogP contribution is -2.26. The standard InChI is InChI=1S/C31H36ClN3O4/c1-22-19-24(13-14-25(22)32)39-18-7-6-17-35-27-10-5-4-9-26(27)34-30(35)11-8-16-33-31(36)21-23-12-15-28(37-2)29(20-23)38-3/h4-5,9-10,12-15,19-20H,6-8,11,16-18,21H2,1-3H3,(H,33,36). The third kappa shape index (κ3) is 7.67. The number of imidazole rings is 1. The van der Waals surface area contributed by atoms with E-state index in [1.54, 1.807) is 14.2 Å². The van der Waals surface area contributed by atoms with Crippen LogP contribution in [-0.2, 0) is 24.2 Å². The molecule has 0 aliphatic heterocycles. The SMILES string of the molecule is COc1ccc(CC(=O)NCCCc2nc3ccccc3n2CCCCOc2ccc(Cl)c(C)c2)cc1OC. The molecule has 0 fully saturated rings. The third-order valence-electron chi connectivity index (χ3n) is 6.62. The van der Waals surface area contributed by atoms with Crippen LogP contribution in [0.4, 0.5) is 0 Å². The van der Waals surface area contributed by atoms with Gasteiger partial charge in [-0.05, 0) is 79.8 Å². The predicted molar refractivity (Wildman–Crippen MR) is 155 cm³/mol. The summed E-state index contributed by atoms with van der Waals surface area (Å²) in [5.74, 6) is 3.13. The number of hydrogen-bond acceptors (Lipinski definition) is 5. The maximum atomic E-state index is 12.5. The number of carbonyl (C=O) groups is 1. The number of carbonyl (C=O) groups excluding carboxylic acids is 1. The van der Waals surface area contributed by atoms with Crippen molar-refractivity contribution in [1.29, 1.82) is 0 Å². The van der Waals surface area contributed by atoms with E-state index in [4.69, 9.17) is 30.8 Å². The molecule has 0 aliphatic rings. The third-order valence-corrected chi connectivity index (χ3v) is 7.04. The average molecular weight is 550 g/mol. The van der Waals surface area contributed by atoms with Gasteiger partial charge in [0, 0.05) is 24.5 Å². The summed E-state index contributed by atoms with van der Waals surface area (Å²) in [4.78, 5) is 17.4. The van der Waals surface area contributed by atoms with E-state index >= 15 is 0 Å². The number of ether oxygens (including phenoxy) is 3. The van der Waals surface area contributed by atoms with E-state index in [1.165, 1.54) is 0 Å². The summed E-state index contributed by atoms with van der Waals surface area (Å²) in [5.41, 5.74) is 4.03. The molecule has 1 aromatic heterocycles. The summed E-state index contributed by atoms with van der Waals surface area (Å²) in [6, 6.07) is 19.5. The fourth-order valence-corrected chi connectivity index (χ4v) is 4.67. The molecule has 1 heterocycles. The van der Waals surface area contributed by atoms with Gasteiger partial charge in [-0.2, -0.15) is 0 Å². The van der Waals surface area contributed by atoms with Gasteiger partial charge in [-0.15, -0.1) is 0 Å². The molecular formula is C31H36ClN3O4. The Kier molecular flexibility index (Phi) is 10.1. The number of methoxy groups -OCH3 is 2. The number of halogens is 1. The first-order valence-electron chi connectivity index (χ1n) is 13.3. The van der Waals surface area contributed by atoms with Gasteiger partial charge in [-0.3, -0.25) is 4.79 Å². The number of hydrogen-bond donors (Lipinski definition) is 1. The molecular weight excluding hydrogens is 514 g/mol. The van der Waals surface area contributed by atoms with Gasteiger partial charge >= 0.3 is 0 Å². The largest absolute Gasteiger partial charge is 0.494 e. The molecule has 0 bridgehead atoms. The Bertz CT molecular complexity index is 1400. The van der Waals surface area contributed by atoms with Crippen molar-refractivity contribution >= 4 is 28.5 Å². The lowest BCUT2D eigenvalue weighted by Gasteiger charge is -2.11. The van der Waals surface area contributed by atoms with E-state index in [0.29, 0.717) is 24.7 Å². The number of nitrogens with one attached hydrogen (secondary N) is 1. The van der Waals surface area contributed by atoms with Crippen LogP contribution in [0.15, 0.2) is 60.7 Å². The van der Waals surface area contributed by atoms with E-state index in [1.807, 2.05) is 61.5 Å². The zero-order valence-corrected chi connectivity index (χ0v) is 23.6. The quantitative estimate of drug-likeness (QED) is 0.190. The highest BCUT2D eigenvalue weighted by atomic mass is 35.5. The molecule has 0 saturated carbocycles. The second-order valence-electron chi connectivity index (χ2n) is 9.45. The Labute approximate surface area is 235 Å². The molecule has 3 aromatic carbocycles. The number of amides is 1. The molecule has 0 spiro atoms. The summed E-state index contributed by atoms with van der Waals surface area (Å²) in [6.07, 6.45) is 3.78. The zero-order valence-electron chi connectivity index (χ0n) is 22.8. The zero-order chi connectivity index (χ0) is 27.6. The summed E-state index contributed by atoms with van der Waals surface area (Å²) in [7, 11) is 3.18. The number of benzene rings is 3. The maximum Gasteiger partial charge on any atom is 0.224 e. The molecule has 206 valence electrons. The molecule has 1 N–H and O–H groups in total. The Hall–Kier alpha value is -3.71. The first kappa shape index (κ1) is 28.3. The number of rotatable bonds is 14. The van der Waals surface area contributed by atoms with Crippen LogP contribution in [0.25, 0.3) is 11.0 Å².